The van der Waals surface area contributed by atoms with Crippen molar-refractivity contribution in [2.45, 2.75) is 25.2 Å². The highest BCUT2D eigenvalue weighted by molar-refractivity contribution is 5.66. The Labute approximate surface area is 93.0 Å². The van der Waals surface area contributed by atoms with Crippen molar-refractivity contribution < 1.29 is 19.4 Å². The molecule has 5 nitrogen and oxygen atoms in total. The van der Waals surface area contributed by atoms with Gasteiger partial charge in [0.05, 0.1) is 12.7 Å². The van der Waals surface area contributed by atoms with E-state index < -0.39 is 12.3 Å². The Morgan fingerprint density at radius 3 is 3.19 bits per heavy atom. The molecule has 2 unspecified atom stereocenters. The zero-order valence-electron chi connectivity index (χ0n) is 8.70. The van der Waals surface area contributed by atoms with E-state index in [4.69, 9.17) is 14.6 Å². The van der Waals surface area contributed by atoms with Crippen molar-refractivity contribution in [2.75, 3.05) is 6.61 Å². The second-order valence-electron chi connectivity index (χ2n) is 3.64. The van der Waals surface area contributed by atoms with Crippen LogP contribution in [-0.2, 0) is 14.3 Å². The maximum absolute atomic E-state index is 10.4. The summed E-state index contributed by atoms with van der Waals surface area (Å²) in [7, 11) is 0. The molecule has 0 saturated carbocycles. The number of aromatic nitrogens is 1. The van der Waals surface area contributed by atoms with Crippen LogP contribution in [0.3, 0.4) is 0 Å². The second kappa shape index (κ2) is 5.05. The van der Waals surface area contributed by atoms with Gasteiger partial charge in [-0.05, 0) is 12.5 Å². The summed E-state index contributed by atoms with van der Waals surface area (Å²) in [5, 5.41) is 8.55. The monoisotopic (exact) mass is 223 g/mol. The van der Waals surface area contributed by atoms with Gasteiger partial charge in [-0.25, -0.2) is 0 Å². The first-order valence-corrected chi connectivity index (χ1v) is 5.14. The number of carboxylic acid groups (broad SMARTS) is 1. The number of ether oxygens (including phenoxy) is 2. The lowest BCUT2D eigenvalue weighted by molar-refractivity contribution is -0.138. The van der Waals surface area contributed by atoms with E-state index >= 15 is 0 Å². The average molecular weight is 223 g/mol. The lowest BCUT2D eigenvalue weighted by Crippen LogP contribution is -2.12. The Morgan fingerprint density at radius 1 is 1.62 bits per heavy atom. The van der Waals surface area contributed by atoms with E-state index in [1.807, 2.05) is 12.1 Å². The summed E-state index contributed by atoms with van der Waals surface area (Å²) in [5.41, 5.74) is 0.861. The van der Waals surface area contributed by atoms with Gasteiger partial charge in [0.1, 0.15) is 0 Å². The van der Waals surface area contributed by atoms with Gasteiger partial charge in [0.25, 0.3) is 0 Å². The van der Waals surface area contributed by atoms with E-state index in [-0.39, 0.29) is 12.5 Å². The largest absolute Gasteiger partial charge is 0.481 e. The van der Waals surface area contributed by atoms with Crippen molar-refractivity contribution in [3.63, 3.8) is 0 Å². The highest BCUT2D eigenvalue weighted by Crippen LogP contribution is 2.27. The Balaban J connectivity index is 1.86. The van der Waals surface area contributed by atoms with Crippen LogP contribution < -0.4 is 0 Å². The molecule has 86 valence electrons. The van der Waals surface area contributed by atoms with Crippen molar-refractivity contribution in [1.29, 1.82) is 0 Å². The maximum Gasteiger partial charge on any atom is 0.303 e. The van der Waals surface area contributed by atoms with Crippen LogP contribution in [0.4, 0.5) is 0 Å². The first-order valence-electron chi connectivity index (χ1n) is 5.14. The molecule has 2 atom stereocenters. The third-order valence-electron chi connectivity index (χ3n) is 2.39. The number of rotatable bonds is 4. The van der Waals surface area contributed by atoms with Crippen molar-refractivity contribution in [3.8, 4) is 0 Å². The molecular weight excluding hydrogens is 210 g/mol. The number of pyridine rings is 1. The van der Waals surface area contributed by atoms with E-state index in [0.717, 1.165) is 5.56 Å². The van der Waals surface area contributed by atoms with Crippen LogP contribution in [0.15, 0.2) is 24.5 Å². The standard InChI is InChI=1S/C11H13NO4/c13-10(14)4-3-9-7-15-11(16-9)8-2-1-5-12-6-8/h1-2,5-6,9,11H,3-4,7H2,(H,13,14). The van der Waals surface area contributed by atoms with Crippen LogP contribution in [0.5, 0.6) is 0 Å². The van der Waals surface area contributed by atoms with Crippen LogP contribution >= 0.6 is 0 Å². The number of nitrogens with zero attached hydrogens (tertiary/aromatic N) is 1. The summed E-state index contributed by atoms with van der Waals surface area (Å²) >= 11 is 0. The Kier molecular flexibility index (Phi) is 3.48. The summed E-state index contributed by atoms with van der Waals surface area (Å²) in [6, 6.07) is 3.68. The smallest absolute Gasteiger partial charge is 0.303 e. The summed E-state index contributed by atoms with van der Waals surface area (Å²) in [6.45, 7) is 0.437. The quantitative estimate of drug-likeness (QED) is 0.834. The van der Waals surface area contributed by atoms with Crippen molar-refractivity contribution in [1.82, 2.24) is 4.98 Å². The lowest BCUT2D eigenvalue weighted by atomic mass is 10.2. The number of hydrogen-bond acceptors (Lipinski definition) is 4. The van der Waals surface area contributed by atoms with Crippen molar-refractivity contribution in [2.24, 2.45) is 0 Å². The first kappa shape index (κ1) is 11.0. The van der Waals surface area contributed by atoms with Crippen LogP contribution in [0, 0.1) is 0 Å². The molecule has 1 aromatic rings. The van der Waals surface area contributed by atoms with Gasteiger partial charge in [-0.15, -0.1) is 0 Å². The fourth-order valence-corrected chi connectivity index (χ4v) is 1.57. The molecule has 0 radical (unpaired) electrons. The van der Waals surface area contributed by atoms with E-state index in [9.17, 15) is 4.79 Å². The SMILES string of the molecule is O=C(O)CCC1COC(c2cccnc2)O1. The molecule has 1 aliphatic rings. The average Bonchev–Trinajstić information content (AvgIpc) is 2.76. The Morgan fingerprint density at radius 2 is 2.50 bits per heavy atom. The molecule has 16 heavy (non-hydrogen) atoms. The van der Waals surface area contributed by atoms with E-state index in [0.29, 0.717) is 13.0 Å². The van der Waals surface area contributed by atoms with Crippen LogP contribution in [0.1, 0.15) is 24.7 Å². The first-order chi connectivity index (χ1) is 7.75. The zero-order valence-corrected chi connectivity index (χ0v) is 8.70. The summed E-state index contributed by atoms with van der Waals surface area (Å²) < 4.78 is 11.0. The minimum atomic E-state index is -0.812. The molecule has 1 aromatic heterocycles. The normalized spacial score (nSPS) is 24.5. The van der Waals surface area contributed by atoms with E-state index in [2.05, 4.69) is 4.98 Å². The molecule has 0 bridgehead atoms. The molecule has 1 fully saturated rings. The van der Waals surface area contributed by atoms with Crippen molar-refractivity contribution >= 4 is 5.97 Å². The predicted molar refractivity (Wildman–Crippen MR) is 54.7 cm³/mol. The highest BCUT2D eigenvalue weighted by atomic mass is 16.7. The highest BCUT2D eigenvalue weighted by Gasteiger charge is 2.27. The van der Waals surface area contributed by atoms with Gasteiger partial charge in [0.2, 0.25) is 0 Å². The number of carboxylic acids is 1. The minimum absolute atomic E-state index is 0.105. The van der Waals surface area contributed by atoms with Gasteiger partial charge >= 0.3 is 5.97 Å². The van der Waals surface area contributed by atoms with Gasteiger partial charge in [-0.1, -0.05) is 6.07 Å². The predicted octanol–water partition coefficient (Wildman–Crippen LogP) is 1.36. The third kappa shape index (κ3) is 2.77. The van der Waals surface area contributed by atoms with Gasteiger partial charge in [-0.2, -0.15) is 0 Å². The molecule has 1 saturated heterocycles. The molecule has 0 aromatic carbocycles. The number of aliphatic carboxylic acids is 1. The molecule has 0 spiro atoms. The fourth-order valence-electron chi connectivity index (χ4n) is 1.57. The summed E-state index contributed by atoms with van der Waals surface area (Å²) in [5.74, 6) is -0.812. The molecule has 5 heteroatoms. The second-order valence-corrected chi connectivity index (χ2v) is 3.64. The van der Waals surface area contributed by atoms with Crippen molar-refractivity contribution in [3.05, 3.63) is 30.1 Å². The van der Waals surface area contributed by atoms with Gasteiger partial charge in [-0.3, -0.25) is 9.78 Å². The molecule has 2 rings (SSSR count). The van der Waals surface area contributed by atoms with E-state index in [1.54, 1.807) is 12.4 Å². The molecule has 2 heterocycles. The van der Waals surface area contributed by atoms with Gasteiger partial charge < -0.3 is 14.6 Å². The fraction of sp³-hybridized carbons (Fsp3) is 0.455. The summed E-state index contributed by atoms with van der Waals surface area (Å²) in [4.78, 5) is 14.4. The molecule has 1 aliphatic heterocycles. The Bertz CT molecular complexity index is 354. The number of hydrogen-bond donors (Lipinski definition) is 1. The van der Waals surface area contributed by atoms with Gasteiger partial charge in [0, 0.05) is 24.4 Å². The lowest BCUT2D eigenvalue weighted by Gasteiger charge is -2.10. The maximum atomic E-state index is 10.4. The molecule has 0 aliphatic carbocycles. The van der Waals surface area contributed by atoms with Gasteiger partial charge in [0.15, 0.2) is 6.29 Å². The Hall–Kier alpha value is -1.46. The summed E-state index contributed by atoms with van der Waals surface area (Å²) in [6.07, 6.45) is 3.40. The molecular formula is C11H13NO4. The molecule has 0 amide bonds. The number of carbonyl (C=O) groups is 1. The van der Waals surface area contributed by atoms with Crippen LogP contribution in [-0.4, -0.2) is 28.8 Å². The van der Waals surface area contributed by atoms with Crippen LogP contribution in [0.25, 0.3) is 0 Å². The third-order valence-corrected chi connectivity index (χ3v) is 2.39. The van der Waals surface area contributed by atoms with Crippen LogP contribution in [0.2, 0.25) is 0 Å². The topological polar surface area (TPSA) is 68.7 Å². The minimum Gasteiger partial charge on any atom is -0.481 e. The zero-order chi connectivity index (χ0) is 11.4. The molecule has 1 N–H and O–H groups in total. The van der Waals surface area contributed by atoms with E-state index in [1.165, 1.54) is 0 Å².